The summed E-state index contributed by atoms with van der Waals surface area (Å²) in [6.07, 6.45) is 0. The molecule has 102 valence electrons. The van der Waals surface area contributed by atoms with Crippen molar-refractivity contribution in [3.05, 3.63) is 48.5 Å². The Morgan fingerprint density at radius 2 is 2.00 bits per heavy atom. The number of rotatable bonds is 4. The van der Waals surface area contributed by atoms with Gasteiger partial charge in [-0.05, 0) is 59.0 Å². The largest absolute Gasteiger partial charge is 0.496 e. The van der Waals surface area contributed by atoms with Crippen LogP contribution in [0, 0.1) is 6.92 Å². The zero-order valence-corrected chi connectivity index (χ0v) is 14.9. The number of nitrogens with one attached hydrogen (secondary N) is 1. The number of hydrogen-bond acceptors (Lipinski definition) is 3. The van der Waals surface area contributed by atoms with E-state index in [2.05, 4.69) is 67.7 Å². The third-order valence-electron chi connectivity index (χ3n) is 3.02. The van der Waals surface area contributed by atoms with Gasteiger partial charge < -0.3 is 10.1 Å². The van der Waals surface area contributed by atoms with Crippen LogP contribution in [0.5, 0.6) is 5.75 Å². The maximum atomic E-state index is 5.53. The van der Waals surface area contributed by atoms with Crippen molar-refractivity contribution in [2.24, 2.45) is 0 Å². The fourth-order valence-electron chi connectivity index (χ4n) is 2.01. The molecule has 0 spiro atoms. The Balaban J connectivity index is 2.55. The van der Waals surface area contributed by atoms with Gasteiger partial charge in [0.1, 0.15) is 5.75 Å². The van der Waals surface area contributed by atoms with E-state index in [9.17, 15) is 0 Å². The first-order valence-corrected chi connectivity index (χ1v) is 8.29. The van der Waals surface area contributed by atoms with Gasteiger partial charge in [-0.15, -0.1) is 11.3 Å². The highest BCUT2D eigenvalue weighted by Crippen LogP contribution is 2.38. The van der Waals surface area contributed by atoms with Gasteiger partial charge in [0, 0.05) is 19.4 Å². The van der Waals surface area contributed by atoms with Gasteiger partial charge in [-0.25, -0.2) is 0 Å². The summed E-state index contributed by atoms with van der Waals surface area (Å²) < 4.78 is 7.75. The maximum Gasteiger partial charge on any atom is 0.124 e. The predicted octanol–water partition coefficient (Wildman–Crippen LogP) is 4.90. The van der Waals surface area contributed by atoms with Crippen molar-refractivity contribution in [1.82, 2.24) is 5.32 Å². The zero-order chi connectivity index (χ0) is 14.0. The first kappa shape index (κ1) is 15.0. The lowest BCUT2D eigenvalue weighted by atomic mass is 10.0. The van der Waals surface area contributed by atoms with Crippen LogP contribution in [0.1, 0.15) is 22.0 Å². The van der Waals surface area contributed by atoms with Gasteiger partial charge in [0.2, 0.25) is 0 Å². The predicted molar refractivity (Wildman–Crippen MR) is 88.4 cm³/mol. The lowest BCUT2D eigenvalue weighted by Gasteiger charge is -2.20. The van der Waals surface area contributed by atoms with Gasteiger partial charge in [-0.2, -0.15) is 0 Å². The number of ether oxygens (including phenoxy) is 1. The van der Waals surface area contributed by atoms with E-state index < -0.39 is 0 Å². The van der Waals surface area contributed by atoms with E-state index in [1.54, 1.807) is 18.4 Å². The normalized spacial score (nSPS) is 12.5. The molecule has 0 aliphatic rings. The van der Waals surface area contributed by atoms with Gasteiger partial charge in [0.15, 0.2) is 0 Å². The Morgan fingerprint density at radius 1 is 1.26 bits per heavy atom. The molecule has 1 N–H and O–H groups in total. The molecule has 0 aliphatic heterocycles. The Morgan fingerprint density at radius 3 is 2.53 bits per heavy atom. The van der Waals surface area contributed by atoms with Crippen LogP contribution >= 0.6 is 43.2 Å². The molecule has 0 fully saturated rings. The molecule has 1 aromatic carbocycles. The lowest BCUT2D eigenvalue weighted by Crippen LogP contribution is -2.18. The molecule has 1 aromatic heterocycles. The first-order chi connectivity index (χ1) is 9.08. The monoisotopic (exact) mass is 403 g/mol. The quantitative estimate of drug-likeness (QED) is 0.782. The van der Waals surface area contributed by atoms with Gasteiger partial charge in [-0.3, -0.25) is 0 Å². The average molecular weight is 405 g/mol. The van der Waals surface area contributed by atoms with Crippen molar-refractivity contribution >= 4 is 43.2 Å². The van der Waals surface area contributed by atoms with Crippen molar-refractivity contribution < 1.29 is 4.74 Å². The van der Waals surface area contributed by atoms with E-state index in [1.165, 1.54) is 10.4 Å². The minimum atomic E-state index is 0.112. The van der Waals surface area contributed by atoms with Crippen molar-refractivity contribution in [3.63, 3.8) is 0 Å². The smallest absolute Gasteiger partial charge is 0.124 e. The van der Waals surface area contributed by atoms with Gasteiger partial charge in [0.25, 0.3) is 0 Å². The molecule has 0 aliphatic carbocycles. The lowest BCUT2D eigenvalue weighted by molar-refractivity contribution is 0.405. The molecule has 1 atom stereocenters. The minimum Gasteiger partial charge on any atom is -0.496 e. The van der Waals surface area contributed by atoms with Gasteiger partial charge >= 0.3 is 0 Å². The van der Waals surface area contributed by atoms with Crippen LogP contribution in [0.2, 0.25) is 0 Å². The summed E-state index contributed by atoms with van der Waals surface area (Å²) in [5.41, 5.74) is 2.30. The summed E-state index contributed by atoms with van der Waals surface area (Å²) in [5.74, 6) is 0.903. The second-order valence-corrected chi connectivity index (χ2v) is 6.85. The summed E-state index contributed by atoms with van der Waals surface area (Å²) in [6, 6.07) is 6.37. The average Bonchev–Trinajstić information content (AvgIpc) is 2.81. The molecule has 1 heterocycles. The molecular weight excluding hydrogens is 390 g/mol. The van der Waals surface area contributed by atoms with Crippen LogP contribution in [0.15, 0.2) is 32.5 Å². The van der Waals surface area contributed by atoms with Crippen LogP contribution in [0.4, 0.5) is 0 Å². The van der Waals surface area contributed by atoms with Crippen LogP contribution in [0.3, 0.4) is 0 Å². The molecule has 2 aromatic rings. The van der Waals surface area contributed by atoms with Crippen LogP contribution in [-0.2, 0) is 0 Å². The molecule has 19 heavy (non-hydrogen) atoms. The molecule has 0 amide bonds. The Hall–Kier alpha value is -0.360. The first-order valence-electron chi connectivity index (χ1n) is 5.82. The van der Waals surface area contributed by atoms with Gasteiger partial charge in [0.05, 0.1) is 13.2 Å². The third kappa shape index (κ3) is 3.05. The van der Waals surface area contributed by atoms with Crippen LogP contribution < -0.4 is 10.1 Å². The Bertz CT molecular complexity index is 583. The summed E-state index contributed by atoms with van der Waals surface area (Å²) in [7, 11) is 3.67. The second kappa shape index (κ2) is 6.39. The van der Waals surface area contributed by atoms with Gasteiger partial charge in [-0.1, -0.05) is 15.9 Å². The number of halogens is 2. The van der Waals surface area contributed by atoms with Crippen molar-refractivity contribution in [2.45, 2.75) is 13.0 Å². The van der Waals surface area contributed by atoms with E-state index in [-0.39, 0.29) is 6.04 Å². The SMILES string of the molecule is CNC(c1cc(Br)c(C)cc1OC)c1sccc1Br. The molecule has 2 rings (SSSR count). The third-order valence-corrected chi connectivity index (χ3v) is 5.81. The van der Waals surface area contributed by atoms with E-state index in [0.29, 0.717) is 0 Å². The Labute approximate surface area is 134 Å². The number of thiophene rings is 1. The van der Waals surface area contributed by atoms with E-state index in [0.717, 1.165) is 20.3 Å². The fraction of sp³-hybridized carbons (Fsp3) is 0.286. The number of aryl methyl sites for hydroxylation is 1. The molecule has 0 saturated carbocycles. The molecule has 1 unspecified atom stereocenters. The number of methoxy groups -OCH3 is 1. The summed E-state index contributed by atoms with van der Waals surface area (Å²) in [6.45, 7) is 2.06. The van der Waals surface area contributed by atoms with E-state index in [4.69, 9.17) is 4.74 Å². The second-order valence-electron chi connectivity index (χ2n) is 4.20. The molecular formula is C14H15Br2NOS. The summed E-state index contributed by atoms with van der Waals surface area (Å²) in [4.78, 5) is 1.25. The van der Waals surface area contributed by atoms with Crippen molar-refractivity contribution in [3.8, 4) is 5.75 Å². The highest BCUT2D eigenvalue weighted by molar-refractivity contribution is 9.10. The topological polar surface area (TPSA) is 21.3 Å². The standard InChI is InChI=1S/C14H15Br2NOS/c1-8-6-12(18-3)9(7-11(8)16)13(17-2)14-10(15)4-5-19-14/h4-7,13,17H,1-3H3. The van der Waals surface area contributed by atoms with Crippen LogP contribution in [0.25, 0.3) is 0 Å². The highest BCUT2D eigenvalue weighted by Gasteiger charge is 2.21. The summed E-state index contributed by atoms with van der Waals surface area (Å²) >= 11 is 8.93. The molecule has 0 bridgehead atoms. The zero-order valence-electron chi connectivity index (χ0n) is 11.0. The summed E-state index contributed by atoms with van der Waals surface area (Å²) in [5, 5.41) is 5.45. The molecule has 0 saturated heterocycles. The molecule has 2 nitrogen and oxygen atoms in total. The number of benzene rings is 1. The van der Waals surface area contributed by atoms with Crippen LogP contribution in [-0.4, -0.2) is 14.2 Å². The maximum absolute atomic E-state index is 5.53. The fourth-order valence-corrected chi connectivity index (χ4v) is 4.10. The van der Waals surface area contributed by atoms with E-state index in [1.807, 2.05) is 7.05 Å². The van der Waals surface area contributed by atoms with Crippen molar-refractivity contribution in [1.29, 1.82) is 0 Å². The molecule has 0 radical (unpaired) electrons. The Kier molecular flexibility index (Phi) is 5.06. The minimum absolute atomic E-state index is 0.112. The highest BCUT2D eigenvalue weighted by atomic mass is 79.9. The van der Waals surface area contributed by atoms with Crippen molar-refractivity contribution in [2.75, 3.05) is 14.2 Å². The molecule has 5 heteroatoms. The van der Waals surface area contributed by atoms with E-state index >= 15 is 0 Å². The number of hydrogen-bond donors (Lipinski definition) is 1.